The molecule has 0 saturated carbocycles. The Hall–Kier alpha value is -2.33. The van der Waals surface area contributed by atoms with Crippen LogP contribution in [0, 0.1) is 6.92 Å². The van der Waals surface area contributed by atoms with Gasteiger partial charge in [-0.2, -0.15) is 0 Å². The molecule has 0 spiro atoms. The number of aryl methyl sites for hydroxylation is 1. The Labute approximate surface area is 137 Å². The molecule has 1 unspecified atom stereocenters. The van der Waals surface area contributed by atoms with Gasteiger partial charge in [0.25, 0.3) is 0 Å². The number of hydrogen-bond donors (Lipinski definition) is 2. The van der Waals surface area contributed by atoms with Crippen LogP contribution in [0.3, 0.4) is 0 Å². The summed E-state index contributed by atoms with van der Waals surface area (Å²) >= 11 is 0. The molecule has 1 atom stereocenters. The second-order valence-electron chi connectivity index (χ2n) is 5.59. The summed E-state index contributed by atoms with van der Waals surface area (Å²) in [6, 6.07) is 17.4. The first-order chi connectivity index (χ1) is 11.1. The second-order valence-corrected chi connectivity index (χ2v) is 5.59. The van der Waals surface area contributed by atoms with Crippen molar-refractivity contribution in [3.63, 3.8) is 0 Å². The summed E-state index contributed by atoms with van der Waals surface area (Å²) in [7, 11) is 1.68. The number of amides is 2. The number of nitrogens with one attached hydrogen (secondary N) is 2. The predicted octanol–water partition coefficient (Wildman–Crippen LogP) is 4.07. The third-order valence-corrected chi connectivity index (χ3v) is 4.11. The number of carbonyl (C=O) groups excluding carboxylic acids is 1. The van der Waals surface area contributed by atoms with Gasteiger partial charge in [-0.15, -0.1) is 0 Å². The number of anilines is 1. The summed E-state index contributed by atoms with van der Waals surface area (Å²) in [5.74, 6) is 0. The minimum atomic E-state index is -0.522. The highest BCUT2D eigenvalue weighted by Crippen LogP contribution is 2.28. The number of ether oxygens (including phenoxy) is 1. The van der Waals surface area contributed by atoms with Gasteiger partial charge in [0.1, 0.15) is 5.60 Å². The summed E-state index contributed by atoms with van der Waals surface area (Å²) in [5.41, 5.74) is 2.46. The Kier molecular flexibility index (Phi) is 5.77. The molecule has 122 valence electrons. The zero-order chi connectivity index (χ0) is 16.7. The molecule has 0 aliphatic rings. The molecular weight excluding hydrogens is 288 g/mol. The van der Waals surface area contributed by atoms with Crippen molar-refractivity contribution in [3.8, 4) is 0 Å². The monoisotopic (exact) mass is 312 g/mol. The van der Waals surface area contributed by atoms with Gasteiger partial charge in [-0.3, -0.25) is 0 Å². The SMILES string of the molecule is CCC(CNC(=O)Nc1ccc(C)cc1)(OC)c1ccccc1. The van der Waals surface area contributed by atoms with Gasteiger partial charge in [-0.1, -0.05) is 55.0 Å². The van der Waals surface area contributed by atoms with Gasteiger partial charge < -0.3 is 15.4 Å². The van der Waals surface area contributed by atoms with E-state index in [1.54, 1.807) is 7.11 Å². The third-order valence-electron chi connectivity index (χ3n) is 4.11. The minimum Gasteiger partial charge on any atom is -0.372 e. The molecule has 0 heterocycles. The van der Waals surface area contributed by atoms with Gasteiger partial charge in [-0.25, -0.2) is 4.79 Å². The molecule has 0 saturated heterocycles. The van der Waals surface area contributed by atoms with Gasteiger partial charge in [0.15, 0.2) is 0 Å². The van der Waals surface area contributed by atoms with Crippen molar-refractivity contribution in [3.05, 3.63) is 65.7 Å². The third kappa shape index (κ3) is 4.33. The lowest BCUT2D eigenvalue weighted by Gasteiger charge is -2.32. The first-order valence-corrected chi connectivity index (χ1v) is 7.82. The van der Waals surface area contributed by atoms with Crippen LogP contribution in [-0.4, -0.2) is 19.7 Å². The maximum atomic E-state index is 12.1. The molecule has 4 nitrogen and oxygen atoms in total. The van der Waals surface area contributed by atoms with E-state index in [4.69, 9.17) is 4.74 Å². The standard InChI is InChI=1S/C19H24N2O2/c1-4-19(23-3,16-8-6-5-7-9-16)14-20-18(22)21-17-12-10-15(2)11-13-17/h5-13H,4,14H2,1-3H3,(H2,20,21,22). The summed E-state index contributed by atoms with van der Waals surface area (Å²) in [5, 5.41) is 5.75. The zero-order valence-electron chi connectivity index (χ0n) is 13.9. The number of carbonyl (C=O) groups is 1. The van der Waals surface area contributed by atoms with Crippen molar-refractivity contribution in [2.24, 2.45) is 0 Å². The van der Waals surface area contributed by atoms with E-state index in [-0.39, 0.29) is 6.03 Å². The summed E-state index contributed by atoms with van der Waals surface area (Å²) in [4.78, 5) is 12.1. The average Bonchev–Trinajstić information content (AvgIpc) is 2.59. The van der Waals surface area contributed by atoms with Crippen molar-refractivity contribution >= 4 is 11.7 Å². The van der Waals surface area contributed by atoms with E-state index < -0.39 is 5.60 Å². The van der Waals surface area contributed by atoms with Gasteiger partial charge in [0.05, 0.1) is 6.54 Å². The van der Waals surface area contributed by atoms with Gasteiger partial charge in [-0.05, 0) is 31.0 Å². The average molecular weight is 312 g/mol. The molecule has 0 aliphatic heterocycles. The Morgan fingerprint density at radius 1 is 1.09 bits per heavy atom. The Balaban J connectivity index is 2.01. The second kappa shape index (κ2) is 7.79. The normalized spacial score (nSPS) is 13.2. The lowest BCUT2D eigenvalue weighted by Crippen LogP contribution is -2.43. The molecule has 2 rings (SSSR count). The van der Waals surface area contributed by atoms with Gasteiger partial charge >= 0.3 is 6.03 Å². The molecule has 0 radical (unpaired) electrons. The fourth-order valence-electron chi connectivity index (χ4n) is 2.54. The van der Waals surface area contributed by atoms with Crippen molar-refractivity contribution in [2.45, 2.75) is 25.9 Å². The van der Waals surface area contributed by atoms with Crippen LogP contribution in [0.2, 0.25) is 0 Å². The van der Waals surface area contributed by atoms with Crippen molar-refractivity contribution in [2.75, 3.05) is 19.0 Å². The number of hydrogen-bond acceptors (Lipinski definition) is 2. The van der Waals surface area contributed by atoms with Crippen LogP contribution in [0.1, 0.15) is 24.5 Å². The Morgan fingerprint density at radius 2 is 1.74 bits per heavy atom. The fourth-order valence-corrected chi connectivity index (χ4v) is 2.54. The molecule has 2 N–H and O–H groups in total. The van der Waals surface area contributed by atoms with E-state index in [9.17, 15) is 4.79 Å². The van der Waals surface area contributed by atoms with Crippen molar-refractivity contribution < 1.29 is 9.53 Å². The number of urea groups is 1. The van der Waals surface area contributed by atoms with Crippen LogP contribution >= 0.6 is 0 Å². The fraction of sp³-hybridized carbons (Fsp3) is 0.316. The molecule has 0 aliphatic carbocycles. The minimum absolute atomic E-state index is 0.236. The summed E-state index contributed by atoms with van der Waals surface area (Å²) < 4.78 is 5.75. The maximum absolute atomic E-state index is 12.1. The summed E-state index contributed by atoms with van der Waals surface area (Å²) in [6.45, 7) is 4.47. The molecular formula is C19H24N2O2. The van der Waals surface area contributed by atoms with Crippen molar-refractivity contribution in [1.29, 1.82) is 0 Å². The van der Waals surface area contributed by atoms with Crippen molar-refractivity contribution in [1.82, 2.24) is 5.32 Å². The van der Waals surface area contributed by atoms with Crippen LogP contribution in [0.4, 0.5) is 10.5 Å². The van der Waals surface area contributed by atoms with Gasteiger partial charge in [0.2, 0.25) is 0 Å². The van der Waals surface area contributed by atoms with Crippen LogP contribution in [0.5, 0.6) is 0 Å². The number of rotatable bonds is 6. The highest BCUT2D eigenvalue weighted by Gasteiger charge is 2.30. The van der Waals surface area contributed by atoms with Crippen LogP contribution in [0.25, 0.3) is 0 Å². The topological polar surface area (TPSA) is 50.4 Å². The van der Waals surface area contributed by atoms with E-state index in [2.05, 4.69) is 17.6 Å². The smallest absolute Gasteiger partial charge is 0.319 e. The zero-order valence-corrected chi connectivity index (χ0v) is 13.9. The summed E-state index contributed by atoms with van der Waals surface area (Å²) in [6.07, 6.45) is 0.762. The van der Waals surface area contributed by atoms with Gasteiger partial charge in [0, 0.05) is 12.8 Å². The van der Waals surface area contributed by atoms with Crippen LogP contribution in [0.15, 0.2) is 54.6 Å². The molecule has 0 fully saturated rings. The quantitative estimate of drug-likeness (QED) is 0.845. The Bertz CT molecular complexity index is 620. The molecule has 23 heavy (non-hydrogen) atoms. The highest BCUT2D eigenvalue weighted by molar-refractivity contribution is 5.89. The molecule has 0 bridgehead atoms. The number of benzene rings is 2. The van der Waals surface area contributed by atoms with E-state index >= 15 is 0 Å². The lowest BCUT2D eigenvalue weighted by atomic mass is 9.91. The molecule has 2 aromatic carbocycles. The molecule has 0 aromatic heterocycles. The van der Waals surface area contributed by atoms with Crippen LogP contribution in [-0.2, 0) is 10.3 Å². The van der Waals surface area contributed by atoms with Crippen LogP contribution < -0.4 is 10.6 Å². The van der Waals surface area contributed by atoms with E-state index in [0.29, 0.717) is 6.54 Å². The van der Waals surface area contributed by atoms with E-state index in [1.165, 1.54) is 0 Å². The van der Waals surface area contributed by atoms with E-state index in [0.717, 1.165) is 23.2 Å². The largest absolute Gasteiger partial charge is 0.372 e. The maximum Gasteiger partial charge on any atom is 0.319 e. The first-order valence-electron chi connectivity index (χ1n) is 7.82. The molecule has 2 aromatic rings. The Morgan fingerprint density at radius 3 is 2.30 bits per heavy atom. The number of methoxy groups -OCH3 is 1. The first kappa shape index (κ1) is 17.0. The highest BCUT2D eigenvalue weighted by atomic mass is 16.5. The molecule has 4 heteroatoms. The molecule has 2 amide bonds. The lowest BCUT2D eigenvalue weighted by molar-refractivity contribution is -0.0149. The van der Waals surface area contributed by atoms with E-state index in [1.807, 2.05) is 61.5 Å². The predicted molar refractivity (Wildman–Crippen MR) is 93.6 cm³/mol.